The van der Waals surface area contributed by atoms with Crippen molar-refractivity contribution in [2.75, 3.05) is 0 Å². The normalized spacial score (nSPS) is 17.2. The molecule has 29 heavy (non-hydrogen) atoms. The van der Waals surface area contributed by atoms with E-state index in [1.54, 1.807) is 30.3 Å². The molecule has 0 aromatic heterocycles. The summed E-state index contributed by atoms with van der Waals surface area (Å²) in [5.74, 6) is -0.443. The largest absolute Gasteiger partial charge is 0.486 e. The van der Waals surface area contributed by atoms with Crippen molar-refractivity contribution in [2.24, 2.45) is 0 Å². The van der Waals surface area contributed by atoms with Crippen molar-refractivity contribution in [3.63, 3.8) is 0 Å². The number of hydrogen-bond donors (Lipinski definition) is 1. The van der Waals surface area contributed by atoms with Crippen LogP contribution in [0.4, 0.5) is 13.2 Å². The maximum atomic E-state index is 13.2. The quantitative estimate of drug-likeness (QED) is 0.637. The lowest BCUT2D eigenvalue weighted by atomic mass is 10.0. The fourth-order valence-corrected chi connectivity index (χ4v) is 3.66. The van der Waals surface area contributed by atoms with Gasteiger partial charge in [0.25, 0.3) is 0 Å². The van der Waals surface area contributed by atoms with Gasteiger partial charge in [-0.3, -0.25) is 4.79 Å². The second kappa shape index (κ2) is 8.45. The van der Waals surface area contributed by atoms with E-state index in [2.05, 4.69) is 0 Å². The lowest BCUT2D eigenvalue weighted by Gasteiger charge is -2.20. The number of aliphatic carboxylic acids is 1. The minimum atomic E-state index is -4.38. The van der Waals surface area contributed by atoms with E-state index in [9.17, 15) is 18.0 Å². The van der Waals surface area contributed by atoms with Gasteiger partial charge in [0.05, 0.1) is 24.2 Å². The number of carbonyl (C=O) groups is 1. The van der Waals surface area contributed by atoms with Crippen molar-refractivity contribution in [2.45, 2.75) is 57.6 Å². The molecule has 0 bridgehead atoms. The van der Waals surface area contributed by atoms with E-state index in [0.29, 0.717) is 35.3 Å². The molecule has 2 aromatic carbocycles. The molecule has 0 fully saturated rings. The zero-order chi connectivity index (χ0) is 21.2. The van der Waals surface area contributed by atoms with Crippen molar-refractivity contribution in [1.29, 1.82) is 0 Å². The van der Waals surface area contributed by atoms with E-state index in [-0.39, 0.29) is 12.5 Å². The van der Waals surface area contributed by atoms with Crippen LogP contribution in [0.3, 0.4) is 0 Å². The second-order valence-electron chi connectivity index (χ2n) is 7.36. The number of benzene rings is 2. The van der Waals surface area contributed by atoms with Gasteiger partial charge in [0.2, 0.25) is 0 Å². The van der Waals surface area contributed by atoms with Crippen LogP contribution in [0.5, 0.6) is 5.75 Å². The number of carboxylic acid groups (broad SMARTS) is 1. The number of halogens is 3. The maximum absolute atomic E-state index is 13.2. The average molecular weight is 408 g/mol. The van der Waals surface area contributed by atoms with Gasteiger partial charge in [-0.25, -0.2) is 0 Å². The fourth-order valence-electron chi connectivity index (χ4n) is 3.66. The molecule has 2 atom stereocenters. The summed E-state index contributed by atoms with van der Waals surface area (Å²) >= 11 is 0. The minimum absolute atomic E-state index is 0.131. The highest BCUT2D eigenvalue weighted by atomic mass is 19.4. The molecule has 156 valence electrons. The second-order valence-corrected chi connectivity index (χ2v) is 7.36. The zero-order valence-electron chi connectivity index (χ0n) is 16.2. The van der Waals surface area contributed by atoms with E-state index in [4.69, 9.17) is 14.6 Å². The van der Waals surface area contributed by atoms with Crippen molar-refractivity contribution >= 4 is 5.97 Å². The van der Waals surface area contributed by atoms with Crippen molar-refractivity contribution in [3.8, 4) is 5.75 Å². The van der Waals surface area contributed by atoms with Crippen LogP contribution in [0.2, 0.25) is 0 Å². The van der Waals surface area contributed by atoms with Crippen molar-refractivity contribution in [3.05, 3.63) is 64.7 Å². The monoisotopic (exact) mass is 408 g/mol. The van der Waals surface area contributed by atoms with Crippen LogP contribution in [0.15, 0.2) is 42.5 Å². The van der Waals surface area contributed by atoms with Gasteiger partial charge in [-0.15, -0.1) is 0 Å². The van der Waals surface area contributed by atoms with Crippen LogP contribution in [-0.2, 0) is 22.1 Å². The average Bonchev–Trinajstić information content (AvgIpc) is 3.03. The first-order valence-corrected chi connectivity index (χ1v) is 9.48. The van der Waals surface area contributed by atoms with Gasteiger partial charge in [-0.1, -0.05) is 24.3 Å². The highest BCUT2D eigenvalue weighted by Gasteiger charge is 2.37. The van der Waals surface area contributed by atoms with Crippen LogP contribution < -0.4 is 4.74 Å². The molecule has 0 amide bonds. The summed E-state index contributed by atoms with van der Waals surface area (Å²) in [6, 6.07) is 11.0. The molecule has 0 saturated carbocycles. The molecule has 0 spiro atoms. The SMILES string of the molecule is CC(C)O[C@@H](CC(=O)O)c1ccc(OC2CCc3c2cccc3C(F)(F)F)cc1. The Kier molecular flexibility index (Phi) is 6.17. The molecular formula is C22H23F3O4. The molecule has 1 unspecified atom stereocenters. The van der Waals surface area contributed by atoms with E-state index in [1.165, 1.54) is 6.07 Å². The maximum Gasteiger partial charge on any atom is 0.416 e. The van der Waals surface area contributed by atoms with Crippen LogP contribution >= 0.6 is 0 Å². The lowest BCUT2D eigenvalue weighted by Crippen LogP contribution is -2.14. The Labute approximate surface area is 167 Å². The Hall–Kier alpha value is -2.54. The molecule has 0 aliphatic heterocycles. The van der Waals surface area contributed by atoms with Gasteiger partial charge in [0, 0.05) is 0 Å². The molecule has 1 aliphatic rings. The van der Waals surface area contributed by atoms with Gasteiger partial charge < -0.3 is 14.6 Å². The molecule has 4 nitrogen and oxygen atoms in total. The third-order valence-corrected chi connectivity index (χ3v) is 4.85. The number of rotatable bonds is 7. The van der Waals surface area contributed by atoms with Crippen LogP contribution in [0, 0.1) is 0 Å². The predicted octanol–water partition coefficient (Wildman–Crippen LogP) is 5.71. The van der Waals surface area contributed by atoms with Gasteiger partial charge in [-0.05, 0) is 61.6 Å². The van der Waals surface area contributed by atoms with E-state index >= 15 is 0 Å². The van der Waals surface area contributed by atoms with E-state index in [1.807, 2.05) is 13.8 Å². The summed E-state index contributed by atoms with van der Waals surface area (Å²) in [6.45, 7) is 3.66. The number of hydrogen-bond acceptors (Lipinski definition) is 3. The standard InChI is InChI=1S/C22H23F3O4/c1-13(2)28-20(12-21(26)27)14-6-8-15(9-7-14)29-19-11-10-16-17(19)4-3-5-18(16)22(23,24)25/h3-9,13,19-20H,10-12H2,1-2H3,(H,26,27)/t19?,20-/m0/s1. The Morgan fingerprint density at radius 3 is 2.45 bits per heavy atom. The van der Waals surface area contributed by atoms with Crippen LogP contribution in [0.1, 0.15) is 61.2 Å². The summed E-state index contributed by atoms with van der Waals surface area (Å²) in [6.07, 6.45) is -4.90. The van der Waals surface area contributed by atoms with Crippen molar-refractivity contribution in [1.82, 2.24) is 0 Å². The van der Waals surface area contributed by atoms with Gasteiger partial charge in [-0.2, -0.15) is 13.2 Å². The van der Waals surface area contributed by atoms with Crippen LogP contribution in [-0.4, -0.2) is 17.2 Å². The Morgan fingerprint density at radius 2 is 1.86 bits per heavy atom. The molecule has 1 aliphatic carbocycles. The first-order chi connectivity index (χ1) is 13.6. The summed E-state index contributed by atoms with van der Waals surface area (Å²) in [7, 11) is 0. The topological polar surface area (TPSA) is 55.8 Å². The number of ether oxygens (including phenoxy) is 2. The van der Waals surface area contributed by atoms with Crippen molar-refractivity contribution < 1.29 is 32.5 Å². The minimum Gasteiger partial charge on any atom is -0.486 e. The van der Waals surface area contributed by atoms with Gasteiger partial charge in [0.1, 0.15) is 11.9 Å². The first-order valence-electron chi connectivity index (χ1n) is 9.48. The summed E-state index contributed by atoms with van der Waals surface area (Å²) in [5, 5.41) is 9.09. The summed E-state index contributed by atoms with van der Waals surface area (Å²) in [5.41, 5.74) is 0.975. The van der Waals surface area contributed by atoms with Gasteiger partial charge in [0.15, 0.2) is 0 Å². The molecule has 0 heterocycles. The third kappa shape index (κ3) is 5.09. The highest BCUT2D eigenvalue weighted by molar-refractivity contribution is 5.67. The molecule has 1 N–H and O–H groups in total. The Bertz CT molecular complexity index is 859. The zero-order valence-corrected chi connectivity index (χ0v) is 16.2. The predicted molar refractivity (Wildman–Crippen MR) is 101 cm³/mol. The molecule has 0 radical (unpaired) electrons. The highest BCUT2D eigenvalue weighted by Crippen LogP contribution is 2.42. The lowest BCUT2D eigenvalue weighted by molar-refractivity contribution is -0.141. The molecule has 0 saturated heterocycles. The number of fused-ring (bicyclic) bond motifs is 1. The fraction of sp³-hybridized carbons (Fsp3) is 0.409. The Morgan fingerprint density at radius 1 is 1.17 bits per heavy atom. The molecular weight excluding hydrogens is 385 g/mol. The van der Waals surface area contributed by atoms with E-state index in [0.717, 1.165) is 6.07 Å². The summed E-state index contributed by atoms with van der Waals surface area (Å²) in [4.78, 5) is 11.1. The van der Waals surface area contributed by atoms with Crippen LogP contribution in [0.25, 0.3) is 0 Å². The molecule has 3 rings (SSSR count). The summed E-state index contributed by atoms with van der Waals surface area (Å²) < 4.78 is 51.2. The van der Waals surface area contributed by atoms with Gasteiger partial charge >= 0.3 is 12.1 Å². The Balaban J connectivity index is 1.76. The first kappa shape index (κ1) is 21.2. The number of carboxylic acids is 1. The third-order valence-electron chi connectivity index (χ3n) is 4.85. The smallest absolute Gasteiger partial charge is 0.416 e. The van der Waals surface area contributed by atoms with E-state index < -0.39 is 29.9 Å². The number of alkyl halides is 3. The molecule has 2 aromatic rings. The molecule has 7 heteroatoms.